The minimum Gasteiger partial charge on any atom is -0.388 e. The molecule has 15 heavy (non-hydrogen) atoms. The molecule has 0 heterocycles. The molecule has 1 fully saturated rings. The predicted octanol–water partition coefficient (Wildman–Crippen LogP) is 4.28. The Morgan fingerprint density at radius 2 is 2.20 bits per heavy atom. The summed E-state index contributed by atoms with van der Waals surface area (Å²) in [6, 6.07) is 6.11. The van der Waals surface area contributed by atoms with E-state index in [1.165, 1.54) is 22.8 Å². The maximum atomic E-state index is 10.1. The quantitative estimate of drug-likeness (QED) is 0.773. The molecule has 1 aromatic rings. The molecule has 82 valence electrons. The van der Waals surface area contributed by atoms with Crippen LogP contribution in [-0.2, 0) is 0 Å². The Morgan fingerprint density at radius 3 is 2.87 bits per heavy atom. The van der Waals surface area contributed by atoms with Crippen LogP contribution in [0.3, 0.4) is 0 Å². The van der Waals surface area contributed by atoms with Gasteiger partial charge in [-0.25, -0.2) is 0 Å². The van der Waals surface area contributed by atoms with Gasteiger partial charge in [0.25, 0.3) is 0 Å². The second-order valence-electron chi connectivity index (χ2n) is 4.20. The van der Waals surface area contributed by atoms with Gasteiger partial charge in [-0.05, 0) is 65.1 Å². The Morgan fingerprint density at radius 1 is 1.47 bits per heavy atom. The van der Waals surface area contributed by atoms with Crippen molar-refractivity contribution in [3.05, 3.63) is 31.8 Å². The molecule has 1 saturated carbocycles. The van der Waals surface area contributed by atoms with Crippen LogP contribution in [0.1, 0.15) is 37.4 Å². The summed E-state index contributed by atoms with van der Waals surface area (Å²) in [6.45, 7) is 0. The highest BCUT2D eigenvalue weighted by Crippen LogP contribution is 2.37. The fraction of sp³-hybridized carbons (Fsp3) is 0.500. The highest BCUT2D eigenvalue weighted by Gasteiger charge is 2.22. The van der Waals surface area contributed by atoms with Crippen LogP contribution in [0.25, 0.3) is 0 Å². The van der Waals surface area contributed by atoms with Crippen molar-refractivity contribution in [3.8, 4) is 0 Å². The zero-order valence-corrected chi connectivity index (χ0v) is 12.2. The molecule has 0 bridgehead atoms. The van der Waals surface area contributed by atoms with E-state index in [9.17, 15) is 5.11 Å². The van der Waals surface area contributed by atoms with E-state index in [0.29, 0.717) is 0 Å². The summed E-state index contributed by atoms with van der Waals surface area (Å²) in [5, 5.41) is 10.1. The van der Waals surface area contributed by atoms with Gasteiger partial charge < -0.3 is 5.11 Å². The zero-order valence-electron chi connectivity index (χ0n) is 8.42. The summed E-state index contributed by atoms with van der Waals surface area (Å²) in [5.74, 6) is 0.890. The van der Waals surface area contributed by atoms with E-state index in [1.54, 1.807) is 0 Å². The lowest BCUT2D eigenvalue weighted by Crippen LogP contribution is -1.99. The number of hydrogen-bond donors (Lipinski definition) is 1. The van der Waals surface area contributed by atoms with Crippen molar-refractivity contribution in [3.63, 3.8) is 0 Å². The molecule has 0 aromatic heterocycles. The maximum absolute atomic E-state index is 10.1. The Hall–Kier alpha value is 0.390. The molecule has 0 aliphatic heterocycles. The van der Waals surface area contributed by atoms with Crippen LogP contribution in [0.4, 0.5) is 0 Å². The van der Waals surface area contributed by atoms with Crippen molar-refractivity contribution in [1.82, 2.24) is 0 Å². The molecule has 0 radical (unpaired) electrons. The van der Waals surface area contributed by atoms with Crippen molar-refractivity contribution in [2.45, 2.75) is 31.8 Å². The number of halogens is 2. The molecule has 1 aliphatic rings. The van der Waals surface area contributed by atoms with E-state index in [-0.39, 0.29) is 6.10 Å². The Bertz CT molecular complexity index is 349. The van der Waals surface area contributed by atoms with E-state index in [2.05, 4.69) is 44.6 Å². The fourth-order valence-corrected chi connectivity index (χ4v) is 2.75. The molecule has 2 rings (SSSR count). The van der Waals surface area contributed by atoms with Gasteiger partial charge in [-0.2, -0.15) is 0 Å². The largest absolute Gasteiger partial charge is 0.388 e. The summed E-state index contributed by atoms with van der Waals surface area (Å²) in [5.41, 5.74) is 1.03. The van der Waals surface area contributed by atoms with Crippen LogP contribution < -0.4 is 0 Å². The van der Waals surface area contributed by atoms with Crippen LogP contribution in [0, 0.1) is 9.49 Å². The first-order valence-corrected chi connectivity index (χ1v) is 7.17. The van der Waals surface area contributed by atoms with Crippen LogP contribution in [-0.4, -0.2) is 5.11 Å². The van der Waals surface area contributed by atoms with Crippen LogP contribution in [0.5, 0.6) is 0 Å². The normalized spacial score (nSPS) is 17.8. The van der Waals surface area contributed by atoms with Gasteiger partial charge >= 0.3 is 0 Å². The molecule has 3 heteroatoms. The number of aliphatic hydroxyl groups is 1. The molecule has 1 aromatic carbocycles. The molecular weight excluding hydrogens is 367 g/mol. The summed E-state index contributed by atoms with van der Waals surface area (Å²) >= 11 is 5.77. The van der Waals surface area contributed by atoms with Gasteiger partial charge in [0.15, 0.2) is 0 Å². The monoisotopic (exact) mass is 380 g/mol. The summed E-state index contributed by atoms with van der Waals surface area (Å²) < 4.78 is 2.20. The number of benzene rings is 1. The second-order valence-corrected chi connectivity index (χ2v) is 6.30. The van der Waals surface area contributed by atoms with E-state index in [4.69, 9.17) is 0 Å². The van der Waals surface area contributed by atoms with Gasteiger partial charge in [0.05, 0.1) is 6.10 Å². The maximum Gasteiger partial charge on any atom is 0.0801 e. The number of rotatable bonds is 4. The molecule has 0 spiro atoms. The SMILES string of the molecule is OC(CCC1CC1)c1cc(I)ccc1Br. The average molecular weight is 381 g/mol. The van der Waals surface area contributed by atoms with Crippen molar-refractivity contribution in [2.75, 3.05) is 0 Å². The van der Waals surface area contributed by atoms with E-state index >= 15 is 0 Å². The summed E-state index contributed by atoms with van der Waals surface area (Å²) in [6.07, 6.45) is 4.47. The van der Waals surface area contributed by atoms with Crippen molar-refractivity contribution >= 4 is 38.5 Å². The van der Waals surface area contributed by atoms with Crippen LogP contribution in [0.2, 0.25) is 0 Å². The number of aliphatic hydroxyl groups excluding tert-OH is 1. The molecule has 1 unspecified atom stereocenters. The molecule has 1 aliphatic carbocycles. The van der Waals surface area contributed by atoms with Crippen LogP contribution in [0.15, 0.2) is 22.7 Å². The molecule has 0 amide bonds. The van der Waals surface area contributed by atoms with Gasteiger partial charge in [-0.15, -0.1) is 0 Å². The lowest BCUT2D eigenvalue weighted by Gasteiger charge is -2.13. The van der Waals surface area contributed by atoms with Crippen molar-refractivity contribution < 1.29 is 5.11 Å². The lowest BCUT2D eigenvalue weighted by atomic mass is 10.0. The van der Waals surface area contributed by atoms with Crippen molar-refractivity contribution in [1.29, 1.82) is 0 Å². The fourth-order valence-electron chi connectivity index (χ4n) is 1.73. The predicted molar refractivity (Wildman–Crippen MR) is 73.8 cm³/mol. The third-order valence-electron chi connectivity index (χ3n) is 2.86. The lowest BCUT2D eigenvalue weighted by molar-refractivity contribution is 0.161. The smallest absolute Gasteiger partial charge is 0.0801 e. The van der Waals surface area contributed by atoms with Gasteiger partial charge in [-0.1, -0.05) is 28.8 Å². The first-order valence-electron chi connectivity index (χ1n) is 5.30. The average Bonchev–Trinajstić information content (AvgIpc) is 3.02. The van der Waals surface area contributed by atoms with E-state index in [1.807, 2.05) is 12.1 Å². The van der Waals surface area contributed by atoms with Crippen LogP contribution >= 0.6 is 38.5 Å². The first-order chi connectivity index (χ1) is 7.16. The molecule has 1 N–H and O–H groups in total. The second kappa shape index (κ2) is 5.15. The minimum atomic E-state index is -0.310. The number of hydrogen-bond acceptors (Lipinski definition) is 1. The molecule has 0 saturated heterocycles. The Labute approximate surface area is 113 Å². The van der Waals surface area contributed by atoms with Gasteiger partial charge in [-0.3, -0.25) is 0 Å². The zero-order chi connectivity index (χ0) is 10.8. The van der Waals surface area contributed by atoms with Gasteiger partial charge in [0.1, 0.15) is 0 Å². The van der Waals surface area contributed by atoms with E-state index in [0.717, 1.165) is 22.4 Å². The topological polar surface area (TPSA) is 20.2 Å². The van der Waals surface area contributed by atoms with E-state index < -0.39 is 0 Å². The van der Waals surface area contributed by atoms with Gasteiger partial charge in [0, 0.05) is 8.04 Å². The highest BCUT2D eigenvalue weighted by atomic mass is 127. The van der Waals surface area contributed by atoms with Crippen molar-refractivity contribution in [2.24, 2.45) is 5.92 Å². The summed E-state index contributed by atoms with van der Waals surface area (Å²) in [4.78, 5) is 0. The Balaban J connectivity index is 2.02. The van der Waals surface area contributed by atoms with Gasteiger partial charge in [0.2, 0.25) is 0 Å². The highest BCUT2D eigenvalue weighted by molar-refractivity contribution is 14.1. The Kier molecular flexibility index (Phi) is 4.07. The molecule has 1 nitrogen and oxygen atoms in total. The first kappa shape index (κ1) is 11.9. The molecule has 1 atom stereocenters. The molecular formula is C12H14BrIO. The summed E-state index contributed by atoms with van der Waals surface area (Å²) in [7, 11) is 0. The third kappa shape index (κ3) is 3.43. The minimum absolute atomic E-state index is 0.310. The third-order valence-corrected chi connectivity index (χ3v) is 4.26. The standard InChI is InChI=1S/C12H14BrIO/c13-11-5-4-9(14)7-10(11)12(15)6-3-8-1-2-8/h4-5,7-8,12,15H,1-3,6H2.